The molecule has 1 unspecified atom stereocenters. The summed E-state index contributed by atoms with van der Waals surface area (Å²) in [5.41, 5.74) is 7.84. The first-order valence-electron chi connectivity index (χ1n) is 14.3. The van der Waals surface area contributed by atoms with Gasteiger partial charge in [0.2, 0.25) is 5.60 Å². The monoisotopic (exact) mass is 548 g/mol. The Morgan fingerprint density at radius 2 is 1.62 bits per heavy atom. The number of hydrogen-bond acceptors (Lipinski definition) is 4. The van der Waals surface area contributed by atoms with Crippen LogP contribution in [0.5, 0.6) is 0 Å². The lowest BCUT2D eigenvalue weighted by atomic mass is 9.82. The smallest absolute Gasteiger partial charge is 0.341 e. The molecule has 0 spiro atoms. The van der Waals surface area contributed by atoms with Gasteiger partial charge in [-0.1, -0.05) is 72.8 Å². The van der Waals surface area contributed by atoms with Crippen molar-refractivity contribution in [2.75, 3.05) is 0 Å². The van der Waals surface area contributed by atoms with E-state index in [1.807, 2.05) is 66.9 Å². The summed E-state index contributed by atoms with van der Waals surface area (Å²) in [5.74, 6) is -0.391. The summed E-state index contributed by atoms with van der Waals surface area (Å²) in [7, 11) is 0. The zero-order valence-electron chi connectivity index (χ0n) is 23.6. The number of ether oxygens (including phenoxy) is 1. The number of aromatic nitrogens is 4. The Morgan fingerprint density at radius 1 is 0.857 bits per heavy atom. The molecule has 1 aliphatic heterocycles. The molecule has 0 radical (unpaired) electrons. The van der Waals surface area contributed by atoms with Crippen molar-refractivity contribution in [1.82, 2.24) is 18.9 Å². The van der Waals surface area contributed by atoms with E-state index in [0.29, 0.717) is 11.3 Å². The van der Waals surface area contributed by atoms with Crippen molar-refractivity contribution < 1.29 is 9.53 Å². The molecule has 8 rings (SSSR count). The minimum Gasteiger partial charge on any atom is -0.437 e. The molecule has 204 valence electrons. The predicted octanol–water partition coefficient (Wildman–Crippen LogP) is 7.60. The first kappa shape index (κ1) is 24.6. The Bertz CT molecular complexity index is 2210. The quantitative estimate of drug-likeness (QED) is 0.213. The molecule has 0 aliphatic carbocycles. The first-order valence-corrected chi connectivity index (χ1v) is 14.3. The lowest BCUT2D eigenvalue weighted by Gasteiger charge is -2.30. The molecule has 6 heteroatoms. The summed E-state index contributed by atoms with van der Waals surface area (Å²) in [5, 5.41) is 1.92. The number of imidazole rings is 1. The number of fused-ring (bicyclic) bond motifs is 4. The maximum absolute atomic E-state index is 14.1. The Morgan fingerprint density at radius 3 is 2.45 bits per heavy atom. The fourth-order valence-corrected chi connectivity index (χ4v) is 6.85. The molecule has 0 bridgehead atoms. The number of benzene rings is 3. The van der Waals surface area contributed by atoms with E-state index in [1.165, 1.54) is 0 Å². The highest BCUT2D eigenvalue weighted by Gasteiger charge is 2.56. The Hall–Kier alpha value is -5.23. The summed E-state index contributed by atoms with van der Waals surface area (Å²) in [4.78, 5) is 24.5. The third kappa shape index (κ3) is 3.17. The third-order valence-corrected chi connectivity index (χ3v) is 8.65. The fourth-order valence-electron chi connectivity index (χ4n) is 6.85. The Kier molecular flexibility index (Phi) is 5.19. The highest BCUT2D eigenvalue weighted by atomic mass is 16.6. The molecule has 0 amide bonds. The van der Waals surface area contributed by atoms with E-state index in [1.54, 1.807) is 0 Å². The van der Waals surface area contributed by atoms with E-state index in [9.17, 15) is 4.79 Å². The van der Waals surface area contributed by atoms with Crippen LogP contribution in [0.25, 0.3) is 38.7 Å². The predicted molar refractivity (Wildman–Crippen MR) is 165 cm³/mol. The number of hydrogen-bond donors (Lipinski definition) is 0. The zero-order valence-corrected chi connectivity index (χ0v) is 23.6. The van der Waals surface area contributed by atoms with Gasteiger partial charge in [-0.15, -0.1) is 0 Å². The van der Waals surface area contributed by atoms with Crippen molar-refractivity contribution in [3.05, 3.63) is 137 Å². The minimum absolute atomic E-state index is 0.391. The minimum atomic E-state index is -1.36. The second-order valence-electron chi connectivity index (χ2n) is 10.9. The van der Waals surface area contributed by atoms with Crippen LogP contribution in [0, 0.1) is 13.8 Å². The van der Waals surface area contributed by atoms with E-state index < -0.39 is 11.6 Å². The molecule has 0 N–H and O–H groups in total. The largest absolute Gasteiger partial charge is 0.437 e. The number of carbonyl (C=O) groups excluding carboxylic acids is 1. The maximum atomic E-state index is 14.1. The van der Waals surface area contributed by atoms with Crippen molar-refractivity contribution in [2.24, 2.45) is 0 Å². The number of nitrogens with zero attached hydrogens (tertiary/aromatic N) is 4. The van der Waals surface area contributed by atoms with E-state index in [2.05, 4.69) is 66.1 Å². The van der Waals surface area contributed by atoms with Gasteiger partial charge in [0.15, 0.2) is 0 Å². The number of carbonyl (C=O) groups is 1. The maximum Gasteiger partial charge on any atom is 0.341 e. The van der Waals surface area contributed by atoms with Crippen LogP contribution < -0.4 is 0 Å². The van der Waals surface area contributed by atoms with Gasteiger partial charge in [-0.25, -0.2) is 14.8 Å². The van der Waals surface area contributed by atoms with Gasteiger partial charge in [-0.2, -0.15) is 0 Å². The second kappa shape index (κ2) is 8.88. The molecular formula is C36H28N4O2. The van der Waals surface area contributed by atoms with E-state index in [-0.39, 0.29) is 0 Å². The van der Waals surface area contributed by atoms with E-state index in [4.69, 9.17) is 14.7 Å². The number of esters is 1. The molecule has 0 saturated carbocycles. The lowest BCUT2D eigenvalue weighted by molar-refractivity contribution is 0.0232. The summed E-state index contributed by atoms with van der Waals surface area (Å²) in [6.07, 6.45) is 2.01. The van der Waals surface area contributed by atoms with Gasteiger partial charge in [0.05, 0.1) is 16.8 Å². The van der Waals surface area contributed by atoms with E-state index >= 15 is 0 Å². The zero-order chi connectivity index (χ0) is 28.6. The topological polar surface area (TPSA) is 61.4 Å². The van der Waals surface area contributed by atoms with Crippen LogP contribution in [-0.2, 0) is 16.9 Å². The molecule has 0 fully saturated rings. The summed E-state index contributed by atoms with van der Waals surface area (Å²) in [6, 6.07) is 32.4. The molecule has 7 aromatic rings. The second-order valence-corrected chi connectivity index (χ2v) is 10.9. The molecule has 4 aromatic heterocycles. The van der Waals surface area contributed by atoms with Crippen LogP contribution in [0.15, 0.2) is 103 Å². The molecule has 0 saturated heterocycles. The average molecular weight is 549 g/mol. The first-order chi connectivity index (χ1) is 20.5. The molecule has 3 aromatic carbocycles. The van der Waals surface area contributed by atoms with Crippen LogP contribution in [0.1, 0.15) is 45.5 Å². The van der Waals surface area contributed by atoms with Crippen molar-refractivity contribution >= 4 is 33.4 Å². The number of pyridine rings is 2. The standard InChI is InChI=1S/C36H28N4O2/c1-4-39-23(3)30(26-17-9-11-19-29(26)39)36(32-27(35(41)42-36)21-25-16-8-10-18-28(25)37-32)33-31(24-14-6-5-7-15-24)38-34-22(2)13-12-20-40(33)34/h5-21H,4H2,1-3H3. The van der Waals surface area contributed by atoms with Gasteiger partial charge in [0.25, 0.3) is 0 Å². The summed E-state index contributed by atoms with van der Waals surface area (Å²) < 4.78 is 11.2. The number of aryl methyl sites for hydroxylation is 2. The molecule has 1 aliphatic rings. The highest BCUT2D eigenvalue weighted by molar-refractivity contribution is 6.01. The van der Waals surface area contributed by atoms with Crippen LogP contribution in [0.3, 0.4) is 0 Å². The van der Waals surface area contributed by atoms with E-state index in [0.717, 1.165) is 67.8 Å². The van der Waals surface area contributed by atoms with Gasteiger partial charge in [0.1, 0.15) is 17.0 Å². The molecule has 5 heterocycles. The van der Waals surface area contributed by atoms with Crippen LogP contribution >= 0.6 is 0 Å². The van der Waals surface area contributed by atoms with Gasteiger partial charge >= 0.3 is 5.97 Å². The fraction of sp³-hybridized carbons (Fsp3) is 0.139. The van der Waals surface area contributed by atoms with Crippen molar-refractivity contribution in [3.8, 4) is 11.3 Å². The lowest BCUT2D eigenvalue weighted by Crippen LogP contribution is -2.33. The van der Waals surface area contributed by atoms with Crippen LogP contribution in [0.2, 0.25) is 0 Å². The van der Waals surface area contributed by atoms with Gasteiger partial charge in [-0.3, -0.25) is 4.40 Å². The number of cyclic esters (lactones) is 1. The molecule has 6 nitrogen and oxygen atoms in total. The highest BCUT2D eigenvalue weighted by Crippen LogP contribution is 2.53. The van der Waals surface area contributed by atoms with Gasteiger partial charge in [-0.05, 0) is 50.6 Å². The number of rotatable bonds is 4. The average Bonchev–Trinajstić information content (AvgIpc) is 3.64. The van der Waals surface area contributed by atoms with Gasteiger partial charge in [0, 0.05) is 45.9 Å². The molecular weight excluding hydrogens is 520 g/mol. The van der Waals surface area contributed by atoms with Crippen LogP contribution in [0.4, 0.5) is 0 Å². The Balaban J connectivity index is 1.62. The molecule has 1 atom stereocenters. The third-order valence-electron chi connectivity index (χ3n) is 8.65. The summed E-state index contributed by atoms with van der Waals surface area (Å²) >= 11 is 0. The number of para-hydroxylation sites is 2. The van der Waals surface area contributed by atoms with Gasteiger partial charge < -0.3 is 9.30 Å². The molecule has 42 heavy (non-hydrogen) atoms. The Labute approximate surface area is 242 Å². The van der Waals surface area contributed by atoms with Crippen molar-refractivity contribution in [1.29, 1.82) is 0 Å². The summed E-state index contributed by atoms with van der Waals surface area (Å²) in [6.45, 7) is 7.08. The van der Waals surface area contributed by atoms with Crippen molar-refractivity contribution in [3.63, 3.8) is 0 Å². The van der Waals surface area contributed by atoms with Crippen LogP contribution in [-0.4, -0.2) is 24.9 Å². The SMILES string of the molecule is CCn1c(C)c(C2(c3c(-c4ccccc4)nc4c(C)cccn34)OC(=O)c3cc4ccccc4nc32)c2ccccc21. The normalized spacial score (nSPS) is 16.4. The van der Waals surface area contributed by atoms with Crippen molar-refractivity contribution in [2.45, 2.75) is 32.9 Å².